The van der Waals surface area contributed by atoms with Crippen LogP contribution in [-0.4, -0.2) is 31.7 Å². The first-order valence-corrected chi connectivity index (χ1v) is 6.97. The van der Waals surface area contributed by atoms with Crippen molar-refractivity contribution in [2.75, 3.05) is 13.2 Å². The van der Waals surface area contributed by atoms with Gasteiger partial charge in [-0.3, -0.25) is 0 Å². The van der Waals surface area contributed by atoms with Gasteiger partial charge in [0.15, 0.2) is 0 Å². The van der Waals surface area contributed by atoms with Crippen molar-refractivity contribution >= 4 is 0 Å². The number of hydrogen-bond donors (Lipinski definition) is 0. The van der Waals surface area contributed by atoms with Crippen LogP contribution in [0.5, 0.6) is 0 Å². The van der Waals surface area contributed by atoms with Crippen molar-refractivity contribution in [2.45, 2.75) is 37.9 Å². The van der Waals surface area contributed by atoms with E-state index in [1.165, 1.54) is 0 Å². The van der Waals surface area contributed by atoms with Crippen LogP contribution in [0.15, 0.2) is 18.2 Å². The van der Waals surface area contributed by atoms with E-state index in [9.17, 15) is 26.3 Å². The first kappa shape index (κ1) is 18.1. The molecule has 0 aromatic heterocycles. The minimum atomic E-state index is -4.31. The van der Waals surface area contributed by atoms with Crippen molar-refractivity contribution in [3.05, 3.63) is 35.4 Å². The molecule has 1 saturated heterocycles. The number of halogens is 6. The van der Waals surface area contributed by atoms with Gasteiger partial charge in [-0.2, -0.15) is 8.78 Å². The molecule has 0 radical (unpaired) electrons. The zero-order valence-corrected chi connectivity index (χ0v) is 12.5. The molecule has 130 valence electrons. The first-order valence-electron chi connectivity index (χ1n) is 6.97. The third kappa shape index (κ3) is 3.63. The molecular formula is C15H16F6O2. The SMILES string of the molecule is CC(C)C(OCC(F)(F)C(F)F)C1(c2ccc(F)cc2F)CO1. The van der Waals surface area contributed by atoms with Crippen molar-refractivity contribution in [1.29, 1.82) is 0 Å². The van der Waals surface area contributed by atoms with Gasteiger partial charge in [0, 0.05) is 11.6 Å². The van der Waals surface area contributed by atoms with Crippen LogP contribution in [0.4, 0.5) is 26.3 Å². The van der Waals surface area contributed by atoms with Crippen LogP contribution in [0, 0.1) is 17.6 Å². The molecule has 0 spiro atoms. The highest BCUT2D eigenvalue weighted by molar-refractivity contribution is 5.31. The molecule has 0 aliphatic carbocycles. The molecule has 1 fully saturated rings. The van der Waals surface area contributed by atoms with E-state index in [0.29, 0.717) is 6.07 Å². The minimum absolute atomic E-state index is 0.0291. The van der Waals surface area contributed by atoms with E-state index in [0.717, 1.165) is 12.1 Å². The van der Waals surface area contributed by atoms with Gasteiger partial charge in [-0.25, -0.2) is 17.6 Å². The van der Waals surface area contributed by atoms with Crippen LogP contribution >= 0.6 is 0 Å². The summed E-state index contributed by atoms with van der Waals surface area (Å²) in [6.07, 6.45) is -4.94. The molecule has 1 heterocycles. The molecule has 2 nitrogen and oxygen atoms in total. The predicted molar refractivity (Wildman–Crippen MR) is 69.5 cm³/mol. The largest absolute Gasteiger partial charge is 0.368 e. The standard InChI is InChI=1S/C15H16F6O2/c1-8(2)12(22-7-15(20,21)13(18)19)14(6-23-14)10-4-3-9(16)5-11(10)17/h3-5,8,12-13H,6-7H2,1-2H3. The highest BCUT2D eigenvalue weighted by Crippen LogP contribution is 2.47. The van der Waals surface area contributed by atoms with Gasteiger partial charge in [0.1, 0.15) is 23.8 Å². The van der Waals surface area contributed by atoms with Gasteiger partial charge in [0.25, 0.3) is 0 Å². The Morgan fingerprint density at radius 3 is 2.30 bits per heavy atom. The summed E-state index contributed by atoms with van der Waals surface area (Å²) in [5, 5.41) is 0. The second kappa shape index (κ2) is 6.32. The average Bonchev–Trinajstić information content (AvgIpc) is 3.19. The Morgan fingerprint density at radius 2 is 1.87 bits per heavy atom. The summed E-state index contributed by atoms with van der Waals surface area (Å²) in [6.45, 7) is 1.67. The molecular weight excluding hydrogens is 326 g/mol. The van der Waals surface area contributed by atoms with Crippen LogP contribution in [0.25, 0.3) is 0 Å². The molecule has 8 heteroatoms. The fraction of sp³-hybridized carbons (Fsp3) is 0.600. The summed E-state index contributed by atoms with van der Waals surface area (Å²) in [7, 11) is 0. The monoisotopic (exact) mass is 342 g/mol. The van der Waals surface area contributed by atoms with Crippen LogP contribution in [0.3, 0.4) is 0 Å². The number of hydrogen-bond acceptors (Lipinski definition) is 2. The van der Waals surface area contributed by atoms with Gasteiger partial charge < -0.3 is 9.47 Å². The second-order valence-electron chi connectivity index (χ2n) is 5.84. The Morgan fingerprint density at radius 1 is 1.26 bits per heavy atom. The molecule has 1 aromatic rings. The molecule has 0 saturated carbocycles. The van der Waals surface area contributed by atoms with Crippen molar-refractivity contribution in [1.82, 2.24) is 0 Å². The number of alkyl halides is 4. The lowest BCUT2D eigenvalue weighted by Crippen LogP contribution is -2.41. The van der Waals surface area contributed by atoms with Crippen LogP contribution in [0.1, 0.15) is 19.4 Å². The fourth-order valence-corrected chi connectivity index (χ4v) is 2.51. The number of benzene rings is 1. The first-order chi connectivity index (χ1) is 10.6. The molecule has 1 aliphatic rings. The van der Waals surface area contributed by atoms with Crippen LogP contribution < -0.4 is 0 Å². The molecule has 1 aromatic carbocycles. The van der Waals surface area contributed by atoms with E-state index >= 15 is 0 Å². The Hall–Kier alpha value is -1.28. The van der Waals surface area contributed by atoms with Gasteiger partial charge in [-0.1, -0.05) is 19.9 Å². The topological polar surface area (TPSA) is 21.8 Å². The Bertz CT molecular complexity index is 557. The molecule has 0 N–H and O–H groups in total. The molecule has 2 unspecified atom stereocenters. The van der Waals surface area contributed by atoms with Crippen LogP contribution in [0.2, 0.25) is 0 Å². The molecule has 1 aliphatic heterocycles. The maximum absolute atomic E-state index is 14.0. The lowest BCUT2D eigenvalue weighted by Gasteiger charge is -2.30. The molecule has 2 rings (SSSR count). The van der Waals surface area contributed by atoms with E-state index in [4.69, 9.17) is 9.47 Å². The molecule has 0 bridgehead atoms. The predicted octanol–water partition coefficient (Wildman–Crippen LogP) is 4.13. The van der Waals surface area contributed by atoms with Crippen molar-refractivity contribution in [3.63, 3.8) is 0 Å². The van der Waals surface area contributed by atoms with E-state index in [1.54, 1.807) is 13.8 Å². The smallest absolute Gasteiger partial charge is 0.330 e. The maximum atomic E-state index is 14.0. The van der Waals surface area contributed by atoms with Gasteiger partial charge in [-0.05, 0) is 12.0 Å². The summed E-state index contributed by atoms with van der Waals surface area (Å²) < 4.78 is 87.8. The van der Waals surface area contributed by atoms with Gasteiger partial charge in [0.2, 0.25) is 0 Å². The van der Waals surface area contributed by atoms with E-state index in [1.807, 2.05) is 0 Å². The van der Waals surface area contributed by atoms with Crippen molar-refractivity contribution in [2.24, 2.45) is 5.92 Å². The maximum Gasteiger partial charge on any atom is 0.330 e. The van der Waals surface area contributed by atoms with Crippen molar-refractivity contribution in [3.8, 4) is 0 Å². The van der Waals surface area contributed by atoms with Gasteiger partial charge in [0.05, 0.1) is 12.7 Å². The Balaban J connectivity index is 2.24. The number of ether oxygens (including phenoxy) is 2. The van der Waals surface area contributed by atoms with E-state index in [2.05, 4.69) is 0 Å². The number of epoxide rings is 1. The zero-order valence-electron chi connectivity index (χ0n) is 12.5. The summed E-state index contributed by atoms with van der Waals surface area (Å²) in [5.74, 6) is -6.44. The highest BCUT2D eigenvalue weighted by Gasteiger charge is 2.57. The minimum Gasteiger partial charge on any atom is -0.368 e. The third-order valence-corrected chi connectivity index (χ3v) is 3.68. The lowest BCUT2D eigenvalue weighted by atomic mass is 9.87. The normalized spacial score (nSPS) is 22.7. The summed E-state index contributed by atoms with van der Waals surface area (Å²) in [4.78, 5) is 0. The zero-order chi connectivity index (χ0) is 17.4. The Kier molecular flexibility index (Phi) is 4.96. The summed E-state index contributed by atoms with van der Waals surface area (Å²) >= 11 is 0. The average molecular weight is 342 g/mol. The number of rotatable bonds is 7. The lowest BCUT2D eigenvalue weighted by molar-refractivity contribution is -0.187. The quantitative estimate of drug-likeness (QED) is 0.549. The van der Waals surface area contributed by atoms with Crippen LogP contribution in [-0.2, 0) is 15.1 Å². The summed E-state index contributed by atoms with van der Waals surface area (Å²) in [5.41, 5.74) is -1.41. The van der Waals surface area contributed by atoms with Gasteiger partial charge >= 0.3 is 12.3 Å². The molecule has 0 amide bonds. The highest BCUT2D eigenvalue weighted by atomic mass is 19.3. The Labute approximate surface area is 129 Å². The molecule has 2 atom stereocenters. The fourth-order valence-electron chi connectivity index (χ4n) is 2.51. The summed E-state index contributed by atoms with van der Waals surface area (Å²) in [6, 6.07) is 2.79. The van der Waals surface area contributed by atoms with Gasteiger partial charge in [-0.15, -0.1) is 0 Å². The van der Waals surface area contributed by atoms with E-state index in [-0.39, 0.29) is 12.2 Å². The van der Waals surface area contributed by atoms with Crippen molar-refractivity contribution < 1.29 is 35.8 Å². The third-order valence-electron chi connectivity index (χ3n) is 3.68. The second-order valence-corrected chi connectivity index (χ2v) is 5.84. The molecule has 23 heavy (non-hydrogen) atoms. The van der Waals surface area contributed by atoms with E-state index < -0.39 is 48.2 Å².